The molecule has 0 saturated carbocycles. The third kappa shape index (κ3) is 5.04. The first-order chi connectivity index (χ1) is 11.5. The minimum Gasteiger partial charge on any atom is -0.378 e. The Hall–Kier alpha value is -1.92. The maximum atomic E-state index is 12.3. The summed E-state index contributed by atoms with van der Waals surface area (Å²) in [6.45, 7) is 7.00. The Morgan fingerprint density at radius 3 is 2.62 bits per heavy atom. The average Bonchev–Trinajstić information content (AvgIpc) is 2.60. The molecular formula is C18H27N3O3. The van der Waals surface area contributed by atoms with E-state index >= 15 is 0 Å². The summed E-state index contributed by atoms with van der Waals surface area (Å²) in [5.74, 6) is -0.0325. The van der Waals surface area contributed by atoms with Crippen LogP contribution >= 0.6 is 0 Å². The molecule has 0 radical (unpaired) electrons. The van der Waals surface area contributed by atoms with E-state index in [1.165, 1.54) is 0 Å². The largest absolute Gasteiger partial charge is 0.378 e. The van der Waals surface area contributed by atoms with E-state index in [1.807, 2.05) is 38.1 Å². The molecule has 1 heterocycles. The lowest BCUT2D eigenvalue weighted by Crippen LogP contribution is -2.49. The molecule has 1 unspecified atom stereocenters. The molecule has 0 bridgehead atoms. The van der Waals surface area contributed by atoms with Gasteiger partial charge in [-0.05, 0) is 32.0 Å². The normalized spacial score (nSPS) is 16.1. The summed E-state index contributed by atoms with van der Waals surface area (Å²) < 4.78 is 5.25. The Morgan fingerprint density at radius 1 is 1.29 bits per heavy atom. The lowest BCUT2D eigenvalue weighted by atomic mass is 10.1. The Kier molecular flexibility index (Phi) is 6.75. The van der Waals surface area contributed by atoms with Gasteiger partial charge in [0.15, 0.2) is 0 Å². The van der Waals surface area contributed by atoms with Gasteiger partial charge in [-0.2, -0.15) is 0 Å². The first-order valence-corrected chi connectivity index (χ1v) is 8.37. The number of ether oxygens (including phenoxy) is 1. The fraction of sp³-hybridized carbons (Fsp3) is 0.556. The van der Waals surface area contributed by atoms with Crippen molar-refractivity contribution in [2.75, 3.05) is 39.9 Å². The molecule has 6 heteroatoms. The minimum absolute atomic E-state index is 0.0411. The quantitative estimate of drug-likeness (QED) is 0.836. The number of nitrogens with one attached hydrogen (secondary N) is 1. The zero-order chi connectivity index (χ0) is 17.5. The summed E-state index contributed by atoms with van der Waals surface area (Å²) in [5.41, 5.74) is 2.26. The first kappa shape index (κ1) is 18.4. The van der Waals surface area contributed by atoms with E-state index in [0.29, 0.717) is 32.8 Å². The van der Waals surface area contributed by atoms with E-state index in [9.17, 15) is 9.59 Å². The summed E-state index contributed by atoms with van der Waals surface area (Å²) in [6.07, 6.45) is 0. The molecule has 1 atom stereocenters. The van der Waals surface area contributed by atoms with Crippen molar-refractivity contribution in [3.8, 4) is 0 Å². The van der Waals surface area contributed by atoms with Crippen LogP contribution in [0.25, 0.3) is 0 Å². The van der Waals surface area contributed by atoms with Gasteiger partial charge >= 0.3 is 0 Å². The molecule has 0 aromatic heterocycles. The third-order valence-corrected chi connectivity index (χ3v) is 4.50. The lowest BCUT2D eigenvalue weighted by molar-refractivity contribution is -0.137. The first-order valence-electron chi connectivity index (χ1n) is 8.37. The van der Waals surface area contributed by atoms with Crippen LogP contribution in [-0.4, -0.2) is 67.6 Å². The molecule has 1 N–H and O–H groups in total. The van der Waals surface area contributed by atoms with Crippen LogP contribution in [0.2, 0.25) is 0 Å². The summed E-state index contributed by atoms with van der Waals surface area (Å²) in [7, 11) is 1.80. The third-order valence-electron chi connectivity index (χ3n) is 4.50. The van der Waals surface area contributed by atoms with Gasteiger partial charge in [0.2, 0.25) is 11.8 Å². The highest BCUT2D eigenvalue weighted by Crippen LogP contribution is 2.07. The second-order valence-electron chi connectivity index (χ2n) is 6.23. The van der Waals surface area contributed by atoms with Crippen molar-refractivity contribution in [3.05, 3.63) is 35.4 Å². The fourth-order valence-corrected chi connectivity index (χ4v) is 2.60. The number of benzene rings is 1. The highest BCUT2D eigenvalue weighted by atomic mass is 16.5. The maximum absolute atomic E-state index is 12.3. The molecule has 1 saturated heterocycles. The molecule has 1 aliphatic rings. The van der Waals surface area contributed by atoms with Gasteiger partial charge < -0.3 is 15.0 Å². The van der Waals surface area contributed by atoms with Crippen molar-refractivity contribution in [1.82, 2.24) is 15.1 Å². The zero-order valence-electron chi connectivity index (χ0n) is 14.7. The highest BCUT2D eigenvalue weighted by molar-refractivity contribution is 5.83. The van der Waals surface area contributed by atoms with Gasteiger partial charge in [0.05, 0.1) is 25.8 Å². The van der Waals surface area contributed by atoms with Crippen LogP contribution in [0.15, 0.2) is 24.3 Å². The van der Waals surface area contributed by atoms with Crippen LogP contribution in [0.1, 0.15) is 18.1 Å². The maximum Gasteiger partial charge on any atom is 0.237 e. The minimum atomic E-state index is -0.362. The number of aryl methyl sites for hydroxylation is 1. The van der Waals surface area contributed by atoms with Crippen molar-refractivity contribution in [2.24, 2.45) is 0 Å². The van der Waals surface area contributed by atoms with Crippen molar-refractivity contribution in [3.63, 3.8) is 0 Å². The molecular weight excluding hydrogens is 306 g/mol. The van der Waals surface area contributed by atoms with Crippen LogP contribution in [0.3, 0.4) is 0 Å². The Balaban J connectivity index is 1.81. The topological polar surface area (TPSA) is 61.9 Å². The van der Waals surface area contributed by atoms with Crippen LogP contribution < -0.4 is 5.32 Å². The molecule has 0 aliphatic carbocycles. The van der Waals surface area contributed by atoms with Crippen LogP contribution in [0.5, 0.6) is 0 Å². The molecule has 132 valence electrons. The molecule has 2 rings (SSSR count). The number of hydrogen-bond donors (Lipinski definition) is 1. The molecule has 1 aliphatic heterocycles. The zero-order valence-corrected chi connectivity index (χ0v) is 14.7. The van der Waals surface area contributed by atoms with E-state index in [1.54, 1.807) is 16.8 Å². The monoisotopic (exact) mass is 333 g/mol. The smallest absolute Gasteiger partial charge is 0.237 e. The van der Waals surface area contributed by atoms with E-state index < -0.39 is 0 Å². The fourth-order valence-electron chi connectivity index (χ4n) is 2.60. The van der Waals surface area contributed by atoms with Gasteiger partial charge in [0.25, 0.3) is 0 Å². The SMILES string of the molecule is Cc1ccccc1CNC(=O)C(C)N(C)CC(=O)N1CCOCC1. The lowest BCUT2D eigenvalue weighted by Gasteiger charge is -2.30. The van der Waals surface area contributed by atoms with Gasteiger partial charge in [0, 0.05) is 19.6 Å². The van der Waals surface area contributed by atoms with Crippen molar-refractivity contribution in [1.29, 1.82) is 0 Å². The summed E-state index contributed by atoms with van der Waals surface area (Å²) in [4.78, 5) is 28.2. The van der Waals surface area contributed by atoms with Crippen molar-refractivity contribution >= 4 is 11.8 Å². The number of carbonyl (C=O) groups excluding carboxylic acids is 2. The number of rotatable bonds is 6. The van der Waals surface area contributed by atoms with Gasteiger partial charge in [-0.3, -0.25) is 14.5 Å². The standard InChI is InChI=1S/C18H27N3O3/c1-14-6-4-5-7-16(14)12-19-18(23)15(2)20(3)13-17(22)21-8-10-24-11-9-21/h4-7,15H,8-13H2,1-3H3,(H,19,23). The molecule has 1 aromatic carbocycles. The number of morpholine rings is 1. The number of nitrogens with zero attached hydrogens (tertiary/aromatic N) is 2. The second-order valence-corrected chi connectivity index (χ2v) is 6.23. The van der Waals surface area contributed by atoms with Crippen LogP contribution in [-0.2, 0) is 20.9 Å². The van der Waals surface area contributed by atoms with E-state index in [4.69, 9.17) is 4.74 Å². The molecule has 6 nitrogen and oxygen atoms in total. The van der Waals surface area contributed by atoms with Crippen LogP contribution in [0, 0.1) is 6.92 Å². The van der Waals surface area contributed by atoms with Gasteiger partial charge in [-0.15, -0.1) is 0 Å². The molecule has 1 fully saturated rings. The van der Waals surface area contributed by atoms with E-state index in [0.717, 1.165) is 11.1 Å². The summed E-state index contributed by atoms with van der Waals surface area (Å²) in [6, 6.07) is 7.61. The molecule has 24 heavy (non-hydrogen) atoms. The summed E-state index contributed by atoms with van der Waals surface area (Å²) >= 11 is 0. The number of carbonyl (C=O) groups is 2. The van der Waals surface area contributed by atoms with E-state index in [2.05, 4.69) is 5.32 Å². The summed E-state index contributed by atoms with van der Waals surface area (Å²) in [5, 5.41) is 2.95. The molecule has 0 spiro atoms. The van der Waals surface area contributed by atoms with Gasteiger partial charge in [-0.1, -0.05) is 24.3 Å². The van der Waals surface area contributed by atoms with Gasteiger partial charge in [-0.25, -0.2) is 0 Å². The van der Waals surface area contributed by atoms with E-state index in [-0.39, 0.29) is 24.4 Å². The average molecular weight is 333 g/mol. The second kappa shape index (κ2) is 8.80. The number of hydrogen-bond acceptors (Lipinski definition) is 4. The molecule has 2 amide bonds. The van der Waals surface area contributed by atoms with Crippen LogP contribution in [0.4, 0.5) is 0 Å². The molecule has 1 aromatic rings. The predicted molar refractivity (Wildman–Crippen MR) is 92.5 cm³/mol. The Labute approximate surface area is 143 Å². The van der Waals surface area contributed by atoms with Crippen molar-refractivity contribution in [2.45, 2.75) is 26.4 Å². The Morgan fingerprint density at radius 2 is 1.96 bits per heavy atom. The highest BCUT2D eigenvalue weighted by Gasteiger charge is 2.23. The number of amides is 2. The number of likely N-dealkylation sites (N-methyl/N-ethyl adjacent to an activating group) is 1. The van der Waals surface area contributed by atoms with Crippen molar-refractivity contribution < 1.29 is 14.3 Å². The Bertz CT molecular complexity index is 570. The predicted octanol–water partition coefficient (Wildman–Crippen LogP) is 0.790. The van der Waals surface area contributed by atoms with Gasteiger partial charge in [0.1, 0.15) is 0 Å².